The van der Waals surface area contributed by atoms with Gasteiger partial charge in [-0.1, -0.05) is 6.07 Å². The molecule has 132 valence electrons. The lowest BCUT2D eigenvalue weighted by Gasteiger charge is -1.89. The zero-order chi connectivity index (χ0) is 18.8. The van der Waals surface area contributed by atoms with Crippen molar-refractivity contribution in [2.45, 2.75) is 0 Å². The Kier molecular flexibility index (Phi) is 7.31. The largest absolute Gasteiger partial charge is 0.383 e. The summed E-state index contributed by atoms with van der Waals surface area (Å²) in [5.41, 5.74) is 2.60. The van der Waals surface area contributed by atoms with Gasteiger partial charge in [-0.15, -0.1) is 0 Å². The molecule has 0 aromatic carbocycles. The molecule has 3 heterocycles. The van der Waals surface area contributed by atoms with Crippen LogP contribution in [0.3, 0.4) is 0 Å². The van der Waals surface area contributed by atoms with Crippen LogP contribution in [0.5, 0.6) is 0 Å². The fourth-order valence-electron chi connectivity index (χ4n) is 1.13. The highest BCUT2D eigenvalue weighted by atomic mass is 19.1. The Bertz CT molecular complexity index is 971. The number of halogens is 3. The zero-order valence-electron chi connectivity index (χ0n) is 12.3. The van der Waals surface area contributed by atoms with Gasteiger partial charge >= 0.3 is 11.4 Å². The number of H-pyrrole nitrogens is 3. The number of nitrogens with one attached hydrogen (secondary N) is 3. The molecule has 0 fully saturated rings. The molecule has 0 radical (unpaired) electrons. The Balaban J connectivity index is 0.000000189. The Morgan fingerprint density at radius 1 is 0.960 bits per heavy atom. The van der Waals surface area contributed by atoms with E-state index in [1.807, 2.05) is 9.97 Å². The van der Waals surface area contributed by atoms with Crippen LogP contribution in [0.25, 0.3) is 0 Å². The molecule has 3 rings (SSSR count). The molecule has 9 nitrogen and oxygen atoms in total. The standard InChI is InChI=1S/C5H4FN.C4H4FN3O.C4H3FN2O2/c6-5-3-1-2-4-7-5;5-2-1-7-4(9)8-3(2)6;5-2-1-6-4(9)7-3(2)8/h1-4H;1H,(H3,6,7,8,9);1H,(H2,6,7,8,9). The molecule has 0 saturated carbocycles. The second kappa shape index (κ2) is 9.44. The van der Waals surface area contributed by atoms with Gasteiger partial charge in [-0.2, -0.15) is 13.8 Å². The van der Waals surface area contributed by atoms with Crippen LogP contribution in [0.1, 0.15) is 0 Å². The van der Waals surface area contributed by atoms with Crippen LogP contribution in [0.2, 0.25) is 0 Å². The number of hydrogen-bond acceptors (Lipinski definition) is 6. The fraction of sp³-hybridized carbons (Fsp3) is 0. The number of rotatable bonds is 0. The summed E-state index contributed by atoms with van der Waals surface area (Å²) in [7, 11) is 0. The second-order valence-electron chi connectivity index (χ2n) is 4.02. The topological polar surface area (TPSA) is 150 Å². The molecule has 12 heteroatoms. The van der Waals surface area contributed by atoms with E-state index in [4.69, 9.17) is 5.73 Å². The summed E-state index contributed by atoms with van der Waals surface area (Å²) in [4.78, 5) is 42.6. The quantitative estimate of drug-likeness (QED) is 0.414. The van der Waals surface area contributed by atoms with Gasteiger partial charge < -0.3 is 10.7 Å². The number of aromatic amines is 3. The van der Waals surface area contributed by atoms with Crippen molar-refractivity contribution in [3.05, 3.63) is 85.7 Å². The monoisotopic (exact) mass is 356 g/mol. The molecule has 3 aromatic rings. The number of anilines is 1. The van der Waals surface area contributed by atoms with Gasteiger partial charge in [-0.05, 0) is 12.1 Å². The van der Waals surface area contributed by atoms with Gasteiger partial charge in [0.05, 0.1) is 6.20 Å². The Morgan fingerprint density at radius 3 is 2.08 bits per heavy atom. The maximum absolute atomic E-state index is 12.1. The van der Waals surface area contributed by atoms with Crippen molar-refractivity contribution in [3.8, 4) is 0 Å². The third-order valence-corrected chi connectivity index (χ3v) is 2.20. The van der Waals surface area contributed by atoms with Crippen LogP contribution < -0.4 is 22.7 Å². The summed E-state index contributed by atoms with van der Waals surface area (Å²) in [6.45, 7) is 0. The van der Waals surface area contributed by atoms with Gasteiger partial charge in [0.1, 0.15) is 5.82 Å². The Morgan fingerprint density at radius 2 is 1.68 bits per heavy atom. The summed E-state index contributed by atoms with van der Waals surface area (Å²) in [5.74, 6) is -2.42. The first-order chi connectivity index (χ1) is 11.8. The van der Waals surface area contributed by atoms with Crippen LogP contribution in [0.15, 0.2) is 51.2 Å². The number of aromatic nitrogens is 5. The predicted molar refractivity (Wildman–Crippen MR) is 81.1 cm³/mol. The van der Waals surface area contributed by atoms with Gasteiger partial charge in [0, 0.05) is 12.4 Å². The minimum atomic E-state index is -1.00. The lowest BCUT2D eigenvalue weighted by atomic mass is 10.5. The SMILES string of the molecule is Fc1ccccn1.Nc1[nH]c(=O)ncc1F.O=c1[nH]cc(F)c(=O)[nH]1. The van der Waals surface area contributed by atoms with E-state index in [2.05, 4.69) is 9.97 Å². The third-order valence-electron chi connectivity index (χ3n) is 2.20. The van der Waals surface area contributed by atoms with Gasteiger partial charge in [0.15, 0.2) is 5.82 Å². The minimum absolute atomic E-state index is 0.282. The second-order valence-corrected chi connectivity index (χ2v) is 4.02. The van der Waals surface area contributed by atoms with Crippen LogP contribution in [0, 0.1) is 17.6 Å². The summed E-state index contributed by atoms with van der Waals surface area (Å²) in [6.07, 6.45) is 2.89. The molecule has 0 saturated heterocycles. The summed E-state index contributed by atoms with van der Waals surface area (Å²) in [6, 6.07) is 4.57. The van der Waals surface area contributed by atoms with Crippen molar-refractivity contribution in [1.82, 2.24) is 24.9 Å². The normalized spacial score (nSPS) is 9.24. The molecule has 5 N–H and O–H groups in total. The average Bonchev–Trinajstić information content (AvgIpc) is 2.57. The first-order valence-electron chi connectivity index (χ1n) is 6.34. The summed E-state index contributed by atoms with van der Waals surface area (Å²) in [5, 5.41) is 0. The van der Waals surface area contributed by atoms with Gasteiger partial charge in [-0.3, -0.25) is 14.8 Å². The lowest BCUT2D eigenvalue weighted by molar-refractivity contribution is 0.584. The molecule has 0 unspecified atom stereocenters. The summed E-state index contributed by atoms with van der Waals surface area (Å²) >= 11 is 0. The molecule has 0 spiro atoms. The van der Waals surface area contributed by atoms with Crippen LogP contribution >= 0.6 is 0 Å². The predicted octanol–water partition coefficient (Wildman–Crippen LogP) is -0.0858. The van der Waals surface area contributed by atoms with Gasteiger partial charge in [0.25, 0.3) is 5.56 Å². The Labute approximate surface area is 136 Å². The number of nitrogens with two attached hydrogens (primary N) is 1. The van der Waals surface area contributed by atoms with Crippen molar-refractivity contribution in [3.63, 3.8) is 0 Å². The van der Waals surface area contributed by atoms with Crippen LogP contribution in [0.4, 0.5) is 19.0 Å². The highest BCUT2D eigenvalue weighted by Gasteiger charge is 1.95. The van der Waals surface area contributed by atoms with Crippen molar-refractivity contribution in [1.29, 1.82) is 0 Å². The number of nitrogens with zero attached hydrogens (tertiary/aromatic N) is 2. The zero-order valence-corrected chi connectivity index (χ0v) is 12.3. The van der Waals surface area contributed by atoms with E-state index in [0.29, 0.717) is 6.20 Å². The van der Waals surface area contributed by atoms with E-state index in [-0.39, 0.29) is 5.82 Å². The summed E-state index contributed by atoms with van der Waals surface area (Å²) < 4.78 is 35.9. The molecular formula is C13H11F3N6O3. The molecular weight excluding hydrogens is 345 g/mol. The average molecular weight is 356 g/mol. The number of pyridine rings is 1. The van der Waals surface area contributed by atoms with Crippen LogP contribution in [-0.4, -0.2) is 24.9 Å². The third kappa shape index (κ3) is 7.40. The smallest absolute Gasteiger partial charge is 0.346 e. The molecule has 0 bridgehead atoms. The highest BCUT2D eigenvalue weighted by Crippen LogP contribution is 1.96. The first-order valence-corrected chi connectivity index (χ1v) is 6.34. The van der Waals surface area contributed by atoms with E-state index in [1.54, 1.807) is 17.1 Å². The van der Waals surface area contributed by atoms with Crippen molar-refractivity contribution < 1.29 is 13.2 Å². The van der Waals surface area contributed by atoms with E-state index < -0.39 is 34.5 Å². The van der Waals surface area contributed by atoms with E-state index in [0.717, 1.165) is 6.20 Å². The molecule has 25 heavy (non-hydrogen) atoms. The molecule has 3 aromatic heterocycles. The molecule has 0 aliphatic carbocycles. The molecule has 0 aliphatic rings. The fourth-order valence-corrected chi connectivity index (χ4v) is 1.13. The van der Waals surface area contributed by atoms with E-state index >= 15 is 0 Å². The van der Waals surface area contributed by atoms with Crippen molar-refractivity contribution >= 4 is 5.82 Å². The molecule has 0 atom stereocenters. The first kappa shape index (κ1) is 19.3. The number of hydrogen-bond donors (Lipinski definition) is 4. The Hall–Kier alpha value is -3.70. The minimum Gasteiger partial charge on any atom is -0.383 e. The lowest BCUT2D eigenvalue weighted by Crippen LogP contribution is -2.23. The van der Waals surface area contributed by atoms with Crippen molar-refractivity contribution in [2.75, 3.05) is 5.73 Å². The maximum atomic E-state index is 12.1. The molecule has 0 aliphatic heterocycles. The van der Waals surface area contributed by atoms with E-state index in [1.165, 1.54) is 12.3 Å². The number of nitrogen functional groups attached to an aromatic ring is 1. The van der Waals surface area contributed by atoms with E-state index in [9.17, 15) is 27.6 Å². The maximum Gasteiger partial charge on any atom is 0.346 e. The van der Waals surface area contributed by atoms with Crippen LogP contribution in [-0.2, 0) is 0 Å². The van der Waals surface area contributed by atoms with Gasteiger partial charge in [-0.25, -0.2) is 19.0 Å². The highest BCUT2D eigenvalue weighted by molar-refractivity contribution is 5.25. The molecule has 0 amide bonds. The van der Waals surface area contributed by atoms with Crippen molar-refractivity contribution in [2.24, 2.45) is 0 Å². The van der Waals surface area contributed by atoms with Gasteiger partial charge in [0.2, 0.25) is 11.8 Å².